The van der Waals surface area contributed by atoms with Crippen molar-refractivity contribution >= 4 is 52.1 Å². The van der Waals surface area contributed by atoms with E-state index in [2.05, 4.69) is 10.6 Å². The molecule has 3 aromatic carbocycles. The first-order valence-electron chi connectivity index (χ1n) is 8.79. The number of methoxy groups -OCH3 is 1. The van der Waals surface area contributed by atoms with Crippen molar-refractivity contribution in [3.8, 4) is 5.75 Å². The minimum Gasteiger partial charge on any atom is -0.494 e. The molecule has 0 saturated heterocycles. The highest BCUT2D eigenvalue weighted by Gasteiger charge is 2.17. The van der Waals surface area contributed by atoms with Gasteiger partial charge in [0, 0.05) is 23.9 Å². The number of nitro groups is 1. The zero-order chi connectivity index (χ0) is 22.5. The molecule has 2 amide bonds. The van der Waals surface area contributed by atoms with Gasteiger partial charge in [0.05, 0.1) is 38.9 Å². The predicted octanol–water partition coefficient (Wildman–Crippen LogP) is 5.41. The number of nitrogens with zero attached hydrogens (tertiary/aromatic N) is 1. The average Bonchev–Trinajstić information content (AvgIpc) is 2.75. The van der Waals surface area contributed by atoms with Crippen molar-refractivity contribution in [2.45, 2.75) is 0 Å². The third kappa shape index (κ3) is 5.11. The molecule has 31 heavy (non-hydrogen) atoms. The summed E-state index contributed by atoms with van der Waals surface area (Å²) >= 11 is 12.1. The Kier molecular flexibility index (Phi) is 6.74. The lowest BCUT2D eigenvalue weighted by Crippen LogP contribution is -2.15. The molecule has 0 aliphatic carbocycles. The summed E-state index contributed by atoms with van der Waals surface area (Å²) < 4.78 is 5.30. The van der Waals surface area contributed by atoms with Gasteiger partial charge in [0.2, 0.25) is 0 Å². The van der Waals surface area contributed by atoms with Crippen molar-refractivity contribution in [3.05, 3.63) is 92.0 Å². The molecule has 0 aromatic heterocycles. The summed E-state index contributed by atoms with van der Waals surface area (Å²) in [5, 5.41) is 16.6. The number of benzene rings is 3. The van der Waals surface area contributed by atoms with Crippen LogP contribution in [0.5, 0.6) is 5.75 Å². The number of amides is 2. The van der Waals surface area contributed by atoms with E-state index in [1.807, 2.05) is 0 Å². The highest BCUT2D eigenvalue weighted by Crippen LogP contribution is 2.30. The number of nitrogens with one attached hydrogen (secondary N) is 2. The minimum atomic E-state index is -0.636. The molecule has 0 radical (unpaired) electrons. The van der Waals surface area contributed by atoms with Crippen LogP contribution in [0.3, 0.4) is 0 Å². The lowest BCUT2D eigenvalue weighted by Gasteiger charge is -2.13. The molecule has 0 heterocycles. The topological polar surface area (TPSA) is 111 Å². The maximum Gasteiger partial charge on any atom is 0.270 e. The monoisotopic (exact) mass is 459 g/mol. The van der Waals surface area contributed by atoms with E-state index < -0.39 is 16.7 Å². The highest BCUT2D eigenvalue weighted by molar-refractivity contribution is 6.35. The molecule has 10 heteroatoms. The summed E-state index contributed by atoms with van der Waals surface area (Å²) in [5.41, 5.74) is 0.679. The van der Waals surface area contributed by atoms with Crippen LogP contribution in [0.25, 0.3) is 0 Å². The van der Waals surface area contributed by atoms with Crippen molar-refractivity contribution in [2.24, 2.45) is 0 Å². The van der Waals surface area contributed by atoms with Crippen molar-refractivity contribution in [1.29, 1.82) is 0 Å². The molecular weight excluding hydrogens is 445 g/mol. The minimum absolute atomic E-state index is 0.0501. The smallest absolute Gasteiger partial charge is 0.270 e. The number of nitro benzene ring substituents is 1. The number of carbonyl (C=O) groups excluding carboxylic acids is 2. The van der Waals surface area contributed by atoms with E-state index in [1.54, 1.807) is 24.3 Å². The third-order valence-corrected chi connectivity index (χ3v) is 4.89. The summed E-state index contributed by atoms with van der Waals surface area (Å²) in [5.74, 6) is -0.781. The maximum absolute atomic E-state index is 12.6. The van der Waals surface area contributed by atoms with Crippen LogP contribution < -0.4 is 15.4 Å². The molecule has 0 bridgehead atoms. The molecule has 3 aromatic rings. The molecular formula is C21H15Cl2N3O5. The van der Waals surface area contributed by atoms with Gasteiger partial charge in [-0.3, -0.25) is 19.7 Å². The van der Waals surface area contributed by atoms with E-state index >= 15 is 0 Å². The van der Waals surface area contributed by atoms with Crippen molar-refractivity contribution < 1.29 is 19.2 Å². The number of non-ortho nitro benzene ring substituents is 1. The molecule has 0 aliphatic rings. The Labute approximate surface area is 186 Å². The Bertz CT molecular complexity index is 1180. The van der Waals surface area contributed by atoms with E-state index in [0.29, 0.717) is 22.0 Å². The summed E-state index contributed by atoms with van der Waals surface area (Å²) in [4.78, 5) is 35.4. The number of halogens is 2. The van der Waals surface area contributed by atoms with Crippen molar-refractivity contribution in [3.63, 3.8) is 0 Å². The van der Waals surface area contributed by atoms with Gasteiger partial charge in [0.15, 0.2) is 0 Å². The van der Waals surface area contributed by atoms with Crippen LogP contribution >= 0.6 is 23.2 Å². The second kappa shape index (κ2) is 9.46. The SMILES string of the molecule is COc1cc(NC(=O)c2cc([N+](=O)[O-])ccc2Cl)ccc1NC(=O)c1ccccc1Cl. The summed E-state index contributed by atoms with van der Waals surface area (Å²) in [7, 11) is 1.41. The van der Waals surface area contributed by atoms with Crippen molar-refractivity contribution in [2.75, 3.05) is 17.7 Å². The van der Waals surface area contributed by atoms with Gasteiger partial charge in [-0.15, -0.1) is 0 Å². The number of hydrogen-bond acceptors (Lipinski definition) is 5. The predicted molar refractivity (Wildman–Crippen MR) is 118 cm³/mol. The van der Waals surface area contributed by atoms with Gasteiger partial charge in [0.1, 0.15) is 5.75 Å². The molecule has 0 fully saturated rings. The van der Waals surface area contributed by atoms with Crippen LogP contribution in [0.15, 0.2) is 60.7 Å². The third-order valence-electron chi connectivity index (χ3n) is 4.23. The number of carbonyl (C=O) groups is 2. The number of hydrogen-bond donors (Lipinski definition) is 2. The van der Waals surface area contributed by atoms with Crippen LogP contribution in [0.1, 0.15) is 20.7 Å². The maximum atomic E-state index is 12.6. The van der Waals surface area contributed by atoms with E-state index in [1.165, 1.54) is 37.4 Å². The zero-order valence-electron chi connectivity index (χ0n) is 16.0. The molecule has 158 valence electrons. The molecule has 3 rings (SSSR count). The first-order chi connectivity index (χ1) is 14.8. The van der Waals surface area contributed by atoms with E-state index in [0.717, 1.165) is 6.07 Å². The Morgan fingerprint density at radius 2 is 1.58 bits per heavy atom. The van der Waals surface area contributed by atoms with Crippen LogP contribution in [0.4, 0.5) is 17.1 Å². The van der Waals surface area contributed by atoms with Gasteiger partial charge in [-0.2, -0.15) is 0 Å². The Morgan fingerprint density at radius 3 is 2.26 bits per heavy atom. The van der Waals surface area contributed by atoms with Crippen LogP contribution in [0, 0.1) is 10.1 Å². The van der Waals surface area contributed by atoms with Gasteiger partial charge >= 0.3 is 0 Å². The summed E-state index contributed by atoms with van der Waals surface area (Å²) in [6.07, 6.45) is 0. The number of rotatable bonds is 6. The molecule has 0 unspecified atom stereocenters. The van der Waals surface area contributed by atoms with E-state index in [-0.39, 0.29) is 22.0 Å². The molecule has 0 aliphatic heterocycles. The molecule has 0 atom stereocenters. The first-order valence-corrected chi connectivity index (χ1v) is 9.55. The second-order valence-electron chi connectivity index (χ2n) is 6.22. The quantitative estimate of drug-likeness (QED) is 0.377. The largest absolute Gasteiger partial charge is 0.494 e. The van der Waals surface area contributed by atoms with Gasteiger partial charge in [-0.1, -0.05) is 35.3 Å². The van der Waals surface area contributed by atoms with Crippen LogP contribution in [0.2, 0.25) is 10.0 Å². The van der Waals surface area contributed by atoms with Gasteiger partial charge in [-0.05, 0) is 30.3 Å². The highest BCUT2D eigenvalue weighted by atomic mass is 35.5. The molecule has 2 N–H and O–H groups in total. The number of anilines is 2. The summed E-state index contributed by atoms with van der Waals surface area (Å²) in [6.45, 7) is 0. The fourth-order valence-electron chi connectivity index (χ4n) is 2.71. The van der Waals surface area contributed by atoms with Gasteiger partial charge in [-0.25, -0.2) is 0 Å². The van der Waals surface area contributed by atoms with E-state index in [9.17, 15) is 19.7 Å². The fraction of sp³-hybridized carbons (Fsp3) is 0.0476. The van der Waals surface area contributed by atoms with Gasteiger partial charge < -0.3 is 15.4 Å². The standard InChI is InChI=1S/C21H15Cl2N3O5/c1-31-19-10-12(24-21(28)15-11-13(26(29)30)7-8-17(15)23)6-9-18(19)25-20(27)14-4-2-3-5-16(14)22/h2-11H,1H3,(H,24,28)(H,25,27). The second-order valence-corrected chi connectivity index (χ2v) is 7.04. The lowest BCUT2D eigenvalue weighted by molar-refractivity contribution is -0.384. The average molecular weight is 460 g/mol. The van der Waals surface area contributed by atoms with Gasteiger partial charge in [0.25, 0.3) is 17.5 Å². The Hall–Kier alpha value is -3.62. The lowest BCUT2D eigenvalue weighted by atomic mass is 10.1. The van der Waals surface area contributed by atoms with Crippen LogP contribution in [-0.4, -0.2) is 23.8 Å². The molecule has 0 spiro atoms. The first kappa shape index (κ1) is 22.1. The van der Waals surface area contributed by atoms with Crippen molar-refractivity contribution in [1.82, 2.24) is 0 Å². The zero-order valence-corrected chi connectivity index (χ0v) is 17.5. The van der Waals surface area contributed by atoms with E-state index in [4.69, 9.17) is 27.9 Å². The molecule has 0 saturated carbocycles. The molecule has 8 nitrogen and oxygen atoms in total. The number of ether oxygens (including phenoxy) is 1. The van der Waals surface area contributed by atoms with Crippen LogP contribution in [-0.2, 0) is 0 Å². The Balaban J connectivity index is 1.81. The Morgan fingerprint density at radius 1 is 0.903 bits per heavy atom. The fourth-order valence-corrected chi connectivity index (χ4v) is 3.13. The summed E-state index contributed by atoms with van der Waals surface area (Å²) in [6, 6.07) is 14.7. The normalized spacial score (nSPS) is 10.3.